The second-order valence-corrected chi connectivity index (χ2v) is 9.18. The third kappa shape index (κ3) is 4.91. The second kappa shape index (κ2) is 7.17. The van der Waals surface area contributed by atoms with Gasteiger partial charge in [-0.15, -0.1) is 10.2 Å². The van der Waals surface area contributed by atoms with Gasteiger partial charge in [-0.05, 0) is 18.2 Å². The van der Waals surface area contributed by atoms with E-state index >= 15 is 0 Å². The average molecular weight is 397 g/mol. The summed E-state index contributed by atoms with van der Waals surface area (Å²) in [6.45, 7) is 1.37. The highest BCUT2D eigenvalue weighted by atomic mass is 35.6. The summed E-state index contributed by atoms with van der Waals surface area (Å²) < 4.78 is 27.8. The van der Waals surface area contributed by atoms with Gasteiger partial charge in [-0.1, -0.05) is 41.7 Å². The lowest BCUT2D eigenvalue weighted by Crippen LogP contribution is -2.16. The van der Waals surface area contributed by atoms with Gasteiger partial charge in [0.05, 0.1) is 10.6 Å². The Kier molecular flexibility index (Phi) is 5.67. The average Bonchev–Trinajstić information content (AvgIpc) is 2.53. The molecule has 0 fully saturated rings. The number of aromatic nitrogens is 3. The van der Waals surface area contributed by atoms with E-state index in [4.69, 9.17) is 39.5 Å². The van der Waals surface area contributed by atoms with Crippen LogP contribution in [-0.4, -0.2) is 39.8 Å². The molecule has 2 heterocycles. The minimum atomic E-state index is -3.43. The zero-order valence-corrected chi connectivity index (χ0v) is 15.0. The van der Waals surface area contributed by atoms with Crippen molar-refractivity contribution < 1.29 is 13.2 Å². The molecule has 10 heteroatoms. The lowest BCUT2D eigenvalue weighted by atomic mass is 10.2. The van der Waals surface area contributed by atoms with Crippen LogP contribution in [0, 0.1) is 0 Å². The van der Waals surface area contributed by atoms with Crippen molar-refractivity contribution in [3.63, 3.8) is 0 Å². The summed E-state index contributed by atoms with van der Waals surface area (Å²) in [6, 6.07) is 6.07. The molecule has 0 unspecified atom stereocenters. The van der Waals surface area contributed by atoms with Gasteiger partial charge in [0.25, 0.3) is 0 Å². The zero-order chi connectivity index (χ0) is 17.1. The molecule has 23 heavy (non-hydrogen) atoms. The number of rotatable bonds is 5. The van der Waals surface area contributed by atoms with Gasteiger partial charge in [-0.25, -0.2) is 8.42 Å². The Bertz CT molecular complexity index is 777. The summed E-state index contributed by atoms with van der Waals surface area (Å²) in [5.74, 6) is 0.111. The van der Waals surface area contributed by atoms with Gasteiger partial charge >= 0.3 is 0 Å². The molecule has 0 aliphatic heterocycles. The molecule has 0 radical (unpaired) electrons. The minimum absolute atomic E-state index is 0.0381. The Morgan fingerprint density at radius 2 is 1.91 bits per heavy atom. The van der Waals surface area contributed by atoms with Gasteiger partial charge in [-0.2, -0.15) is 0 Å². The molecule has 0 saturated heterocycles. The molecule has 6 nitrogen and oxygen atoms in total. The Morgan fingerprint density at radius 1 is 1.17 bits per heavy atom. The number of halogens is 3. The van der Waals surface area contributed by atoms with Crippen LogP contribution in [0.2, 0.25) is 0 Å². The van der Waals surface area contributed by atoms with E-state index in [-0.39, 0.29) is 28.8 Å². The molecule has 0 amide bonds. The number of pyridine rings is 1. The van der Waals surface area contributed by atoms with Crippen molar-refractivity contribution in [2.75, 3.05) is 12.4 Å². The third-order valence-corrected chi connectivity index (χ3v) is 4.84. The van der Waals surface area contributed by atoms with Crippen LogP contribution in [0.3, 0.4) is 0 Å². The highest BCUT2D eigenvalue weighted by Gasteiger charge is 2.22. The standard InChI is InChI=1S/C13H12Cl3N3O3S/c1-2-23(20,21)10-4-3-7-17-12(10)9-5-6-11(19-18-9)22-8-13(14,15)16/h3-7H,2,8H2,1H3. The van der Waals surface area contributed by atoms with E-state index in [2.05, 4.69) is 15.2 Å². The largest absolute Gasteiger partial charge is 0.472 e. The predicted octanol–water partition coefficient (Wildman–Crippen LogP) is 3.08. The fourth-order valence-corrected chi connectivity index (χ4v) is 2.88. The normalized spacial score (nSPS) is 12.2. The Hall–Kier alpha value is -1.15. The lowest BCUT2D eigenvalue weighted by Gasteiger charge is -2.11. The highest BCUT2D eigenvalue weighted by Crippen LogP contribution is 2.27. The monoisotopic (exact) mass is 395 g/mol. The molecule has 0 spiro atoms. The van der Waals surface area contributed by atoms with Gasteiger partial charge in [0.2, 0.25) is 9.67 Å². The van der Waals surface area contributed by atoms with Crippen LogP contribution >= 0.6 is 34.8 Å². The first-order valence-corrected chi connectivity index (χ1v) is 9.23. The number of ether oxygens (including phenoxy) is 1. The Balaban J connectivity index is 2.31. The van der Waals surface area contributed by atoms with E-state index in [0.29, 0.717) is 5.69 Å². The molecule has 0 aromatic carbocycles. The Morgan fingerprint density at radius 3 is 2.48 bits per heavy atom. The fraction of sp³-hybridized carbons (Fsp3) is 0.308. The molecule has 0 atom stereocenters. The first-order chi connectivity index (χ1) is 10.7. The number of alkyl halides is 3. The van der Waals surface area contributed by atoms with Crippen molar-refractivity contribution in [2.45, 2.75) is 15.6 Å². The van der Waals surface area contributed by atoms with Gasteiger partial charge in [0.1, 0.15) is 18.0 Å². The van der Waals surface area contributed by atoms with Gasteiger partial charge in [0, 0.05) is 12.3 Å². The smallest absolute Gasteiger partial charge is 0.233 e. The molecule has 0 aliphatic rings. The SMILES string of the molecule is CCS(=O)(=O)c1cccnc1-c1ccc(OCC(Cl)(Cl)Cl)nn1. The summed E-state index contributed by atoms with van der Waals surface area (Å²) in [6.07, 6.45) is 1.49. The molecule has 0 bridgehead atoms. The first kappa shape index (κ1) is 18.2. The van der Waals surface area contributed by atoms with Crippen LogP contribution in [0.15, 0.2) is 35.4 Å². The van der Waals surface area contributed by atoms with Crippen molar-refractivity contribution in [1.29, 1.82) is 0 Å². The van der Waals surface area contributed by atoms with Gasteiger partial charge in [0.15, 0.2) is 9.84 Å². The highest BCUT2D eigenvalue weighted by molar-refractivity contribution is 7.91. The maximum Gasteiger partial charge on any atom is 0.233 e. The van der Waals surface area contributed by atoms with Crippen molar-refractivity contribution in [2.24, 2.45) is 0 Å². The van der Waals surface area contributed by atoms with Gasteiger partial charge < -0.3 is 4.74 Å². The maximum absolute atomic E-state index is 12.1. The van der Waals surface area contributed by atoms with E-state index in [1.54, 1.807) is 13.0 Å². The molecular weight excluding hydrogens is 385 g/mol. The van der Waals surface area contributed by atoms with E-state index < -0.39 is 13.6 Å². The molecule has 0 saturated carbocycles. The minimum Gasteiger partial charge on any atom is -0.472 e. The van der Waals surface area contributed by atoms with E-state index in [0.717, 1.165) is 0 Å². The quantitative estimate of drug-likeness (QED) is 0.722. The molecule has 0 N–H and O–H groups in total. The van der Waals surface area contributed by atoms with Crippen LogP contribution in [-0.2, 0) is 9.84 Å². The maximum atomic E-state index is 12.1. The summed E-state index contributed by atoms with van der Waals surface area (Å²) in [4.78, 5) is 4.20. The molecule has 0 aliphatic carbocycles. The van der Waals surface area contributed by atoms with Crippen LogP contribution in [0.25, 0.3) is 11.4 Å². The van der Waals surface area contributed by atoms with Crippen LogP contribution < -0.4 is 4.74 Å². The van der Waals surface area contributed by atoms with Crippen molar-refractivity contribution >= 4 is 44.6 Å². The number of hydrogen-bond donors (Lipinski definition) is 0. The molecular formula is C13H12Cl3N3O3S. The van der Waals surface area contributed by atoms with Crippen LogP contribution in [0.5, 0.6) is 5.88 Å². The number of nitrogens with zero attached hydrogens (tertiary/aromatic N) is 3. The molecule has 2 aromatic rings. The van der Waals surface area contributed by atoms with Crippen molar-refractivity contribution in [1.82, 2.24) is 15.2 Å². The lowest BCUT2D eigenvalue weighted by molar-refractivity contribution is 0.309. The summed E-state index contributed by atoms with van der Waals surface area (Å²) in [7, 11) is -3.43. The number of sulfone groups is 1. The van der Waals surface area contributed by atoms with Crippen LogP contribution in [0.4, 0.5) is 0 Å². The molecule has 124 valence electrons. The Labute approximate surface area is 148 Å². The van der Waals surface area contributed by atoms with E-state index in [9.17, 15) is 8.42 Å². The van der Waals surface area contributed by atoms with E-state index in [1.807, 2.05) is 0 Å². The van der Waals surface area contributed by atoms with Crippen molar-refractivity contribution in [3.8, 4) is 17.3 Å². The summed E-state index contributed by atoms with van der Waals surface area (Å²) >= 11 is 16.7. The van der Waals surface area contributed by atoms with E-state index in [1.165, 1.54) is 24.4 Å². The predicted molar refractivity (Wildman–Crippen MR) is 88.8 cm³/mol. The fourth-order valence-electron chi connectivity index (χ4n) is 1.67. The van der Waals surface area contributed by atoms with Crippen molar-refractivity contribution in [3.05, 3.63) is 30.5 Å². The first-order valence-electron chi connectivity index (χ1n) is 6.44. The number of hydrogen-bond acceptors (Lipinski definition) is 6. The van der Waals surface area contributed by atoms with Gasteiger partial charge in [-0.3, -0.25) is 4.98 Å². The molecule has 2 rings (SSSR count). The van der Waals surface area contributed by atoms with Crippen LogP contribution in [0.1, 0.15) is 6.92 Å². The zero-order valence-electron chi connectivity index (χ0n) is 11.9. The summed E-state index contributed by atoms with van der Waals surface area (Å²) in [5.41, 5.74) is 0.536. The topological polar surface area (TPSA) is 82.0 Å². The molecule has 2 aromatic heterocycles. The summed E-state index contributed by atoms with van der Waals surface area (Å²) in [5, 5.41) is 7.75. The second-order valence-electron chi connectivity index (χ2n) is 4.41. The third-order valence-electron chi connectivity index (χ3n) is 2.75.